The van der Waals surface area contributed by atoms with E-state index in [4.69, 9.17) is 10.7 Å². The van der Waals surface area contributed by atoms with Crippen LogP contribution < -0.4 is 11.1 Å². The molecule has 2 aromatic heterocycles. The molecule has 0 aliphatic rings. The molecule has 0 fully saturated rings. The average Bonchev–Trinajstić information content (AvgIpc) is 3.26. The van der Waals surface area contributed by atoms with Crippen molar-refractivity contribution < 1.29 is 14.7 Å². The van der Waals surface area contributed by atoms with Gasteiger partial charge in [-0.05, 0) is 63.8 Å². The van der Waals surface area contributed by atoms with E-state index in [9.17, 15) is 14.7 Å². The summed E-state index contributed by atoms with van der Waals surface area (Å²) in [4.78, 5) is 34.9. The summed E-state index contributed by atoms with van der Waals surface area (Å²) in [5.74, 6) is 1.35. The lowest BCUT2D eigenvalue weighted by Gasteiger charge is -2.33. The van der Waals surface area contributed by atoms with E-state index >= 15 is 0 Å². The van der Waals surface area contributed by atoms with E-state index < -0.39 is 11.6 Å². The number of rotatable bonds is 11. The fraction of sp³-hybridized carbons (Fsp3) is 0.419. The molecule has 0 radical (unpaired) electrons. The number of hydrogen-bond acceptors (Lipinski definition) is 5. The maximum absolute atomic E-state index is 12.5. The predicted molar refractivity (Wildman–Crippen MR) is 161 cm³/mol. The van der Waals surface area contributed by atoms with Crippen molar-refractivity contribution >= 4 is 45.4 Å². The molecule has 0 saturated carbocycles. The summed E-state index contributed by atoms with van der Waals surface area (Å²) in [5.41, 5.74) is 10.3. The summed E-state index contributed by atoms with van der Waals surface area (Å²) in [6.07, 6.45) is 3.60. The van der Waals surface area contributed by atoms with Crippen molar-refractivity contribution in [3.63, 3.8) is 0 Å². The van der Waals surface area contributed by atoms with Gasteiger partial charge in [-0.15, -0.1) is 0 Å². The van der Waals surface area contributed by atoms with Crippen LogP contribution in [0.1, 0.15) is 71.2 Å². The number of aryl methyl sites for hydroxylation is 1. The third kappa shape index (κ3) is 6.70. The number of unbranched alkanes of at least 4 members (excludes halogenated alkanes) is 2. The van der Waals surface area contributed by atoms with Gasteiger partial charge in [-0.3, -0.25) is 4.79 Å². The van der Waals surface area contributed by atoms with Crippen molar-refractivity contribution in [1.82, 2.24) is 19.4 Å². The summed E-state index contributed by atoms with van der Waals surface area (Å²) >= 11 is 0. The van der Waals surface area contributed by atoms with E-state index in [-0.39, 0.29) is 5.91 Å². The van der Waals surface area contributed by atoms with Crippen molar-refractivity contribution in [3.8, 4) is 0 Å². The topological polar surface area (TPSA) is 126 Å². The fourth-order valence-corrected chi connectivity index (χ4v) is 4.97. The van der Waals surface area contributed by atoms with E-state index in [0.717, 1.165) is 58.3 Å². The van der Waals surface area contributed by atoms with Crippen LogP contribution in [0.2, 0.25) is 0 Å². The molecule has 9 heteroatoms. The molecule has 0 aliphatic carbocycles. The summed E-state index contributed by atoms with van der Waals surface area (Å²) in [7, 11) is 0. The molecule has 0 atom stereocenters. The average molecular weight is 545 g/mol. The van der Waals surface area contributed by atoms with Gasteiger partial charge < -0.3 is 25.6 Å². The van der Waals surface area contributed by atoms with E-state index in [1.807, 2.05) is 63.2 Å². The molecule has 0 aliphatic heterocycles. The van der Waals surface area contributed by atoms with Crippen molar-refractivity contribution in [2.45, 2.75) is 78.3 Å². The summed E-state index contributed by atoms with van der Waals surface area (Å²) in [6.45, 7) is 8.81. The minimum atomic E-state index is -0.938. The Kier molecular flexibility index (Phi) is 8.92. The normalized spacial score (nSPS) is 11.7. The molecule has 212 valence electrons. The Labute approximate surface area is 235 Å². The van der Waals surface area contributed by atoms with Crippen molar-refractivity contribution in [3.05, 3.63) is 59.9 Å². The highest BCUT2D eigenvalue weighted by atomic mass is 16.4. The van der Waals surface area contributed by atoms with Crippen LogP contribution in [-0.2, 0) is 17.8 Å². The molecular weight excluding hydrogens is 504 g/mol. The standard InChI is InChI=1S/C31H40N6O3/c1-5-6-13-25-35-27-28(23-11-7-8-12-24(23)34-29(27)32)36(25)20-21-15-17-22(18-16-21)33-26(38)14-9-10-19-37(30(39)40)31(2,3)4/h7-8,11-12,15-18H,5-6,9-10,13-14,19-20H2,1-4H3,(H2,32,34)(H,33,38)(H,39,40). The van der Waals surface area contributed by atoms with Crippen LogP contribution in [0.4, 0.5) is 16.3 Å². The van der Waals surface area contributed by atoms with E-state index in [2.05, 4.69) is 27.9 Å². The number of fused-ring (bicyclic) bond motifs is 3. The minimum Gasteiger partial charge on any atom is -0.465 e. The molecule has 0 bridgehead atoms. The van der Waals surface area contributed by atoms with Gasteiger partial charge in [-0.25, -0.2) is 14.8 Å². The number of carbonyl (C=O) groups is 2. The third-order valence-corrected chi connectivity index (χ3v) is 7.10. The SMILES string of the molecule is CCCCc1nc2c(N)nc3ccccc3c2n1Cc1ccc(NC(=O)CCCCN(C(=O)O)C(C)(C)C)cc1. The first-order valence-corrected chi connectivity index (χ1v) is 14.0. The summed E-state index contributed by atoms with van der Waals surface area (Å²) < 4.78 is 2.25. The second kappa shape index (κ2) is 12.4. The number of pyridine rings is 1. The Balaban J connectivity index is 1.44. The van der Waals surface area contributed by atoms with Gasteiger partial charge >= 0.3 is 6.09 Å². The first-order chi connectivity index (χ1) is 19.1. The quantitative estimate of drug-likeness (QED) is 0.186. The van der Waals surface area contributed by atoms with Crippen LogP contribution in [0.3, 0.4) is 0 Å². The highest BCUT2D eigenvalue weighted by Gasteiger charge is 2.25. The van der Waals surface area contributed by atoms with Crippen molar-refractivity contribution in [2.75, 3.05) is 17.6 Å². The van der Waals surface area contributed by atoms with Crippen LogP contribution >= 0.6 is 0 Å². The zero-order valence-electron chi connectivity index (χ0n) is 23.9. The molecule has 2 heterocycles. The number of carboxylic acid groups (broad SMARTS) is 1. The van der Waals surface area contributed by atoms with Crippen LogP contribution in [0, 0.1) is 0 Å². The first kappa shape index (κ1) is 28.9. The fourth-order valence-electron chi connectivity index (χ4n) is 4.97. The Morgan fingerprint density at radius 1 is 1.02 bits per heavy atom. The Morgan fingerprint density at radius 3 is 2.42 bits per heavy atom. The number of aromatic nitrogens is 3. The molecule has 4 aromatic rings. The number of benzene rings is 2. The molecule has 40 heavy (non-hydrogen) atoms. The van der Waals surface area contributed by atoms with Gasteiger partial charge in [0.2, 0.25) is 5.91 Å². The molecule has 2 amide bonds. The third-order valence-electron chi connectivity index (χ3n) is 7.10. The van der Waals surface area contributed by atoms with Crippen molar-refractivity contribution in [1.29, 1.82) is 0 Å². The first-order valence-electron chi connectivity index (χ1n) is 14.0. The number of nitrogen functional groups attached to an aromatic ring is 1. The van der Waals surface area contributed by atoms with Crippen LogP contribution in [0.5, 0.6) is 0 Å². The van der Waals surface area contributed by atoms with Gasteiger partial charge in [0.1, 0.15) is 11.3 Å². The van der Waals surface area contributed by atoms with Crippen molar-refractivity contribution in [2.24, 2.45) is 0 Å². The Bertz CT molecular complexity index is 1490. The van der Waals surface area contributed by atoms with Crippen LogP contribution in [0.15, 0.2) is 48.5 Å². The number of nitrogens with two attached hydrogens (primary N) is 1. The monoisotopic (exact) mass is 544 g/mol. The highest BCUT2D eigenvalue weighted by Crippen LogP contribution is 2.30. The van der Waals surface area contributed by atoms with Gasteiger partial charge in [0.25, 0.3) is 0 Å². The number of amides is 2. The number of hydrogen-bond donors (Lipinski definition) is 3. The zero-order valence-corrected chi connectivity index (χ0v) is 23.9. The number of imidazole rings is 1. The molecule has 4 N–H and O–H groups in total. The second-order valence-electron chi connectivity index (χ2n) is 11.2. The number of anilines is 2. The number of carbonyl (C=O) groups excluding carboxylic acids is 1. The molecule has 0 saturated heterocycles. The molecule has 4 rings (SSSR count). The number of nitrogens with zero attached hydrogens (tertiary/aromatic N) is 4. The number of para-hydroxylation sites is 1. The second-order valence-corrected chi connectivity index (χ2v) is 11.2. The van der Waals surface area contributed by atoms with E-state index in [1.54, 1.807) is 0 Å². The highest BCUT2D eigenvalue weighted by molar-refractivity contribution is 6.06. The molecule has 0 spiro atoms. The van der Waals surface area contributed by atoms with Crippen LogP contribution in [0.25, 0.3) is 21.9 Å². The molecular formula is C31H40N6O3. The maximum Gasteiger partial charge on any atom is 0.407 e. The predicted octanol–water partition coefficient (Wildman–Crippen LogP) is 6.44. The summed E-state index contributed by atoms with van der Waals surface area (Å²) in [5, 5.41) is 13.4. The summed E-state index contributed by atoms with van der Waals surface area (Å²) in [6, 6.07) is 15.9. The lowest BCUT2D eigenvalue weighted by atomic mass is 10.1. The zero-order chi connectivity index (χ0) is 28.9. The minimum absolute atomic E-state index is 0.0812. The van der Waals surface area contributed by atoms with Gasteiger partial charge in [-0.2, -0.15) is 0 Å². The lowest BCUT2D eigenvalue weighted by molar-refractivity contribution is -0.116. The molecule has 2 aromatic carbocycles. The Morgan fingerprint density at radius 2 is 1.75 bits per heavy atom. The largest absolute Gasteiger partial charge is 0.465 e. The van der Waals surface area contributed by atoms with Gasteiger partial charge in [0, 0.05) is 42.5 Å². The van der Waals surface area contributed by atoms with E-state index in [0.29, 0.717) is 38.2 Å². The molecule has 0 unspecified atom stereocenters. The smallest absolute Gasteiger partial charge is 0.407 e. The van der Waals surface area contributed by atoms with Gasteiger partial charge in [0.05, 0.1) is 11.0 Å². The lowest BCUT2D eigenvalue weighted by Crippen LogP contribution is -2.45. The van der Waals surface area contributed by atoms with E-state index in [1.165, 1.54) is 4.90 Å². The molecule has 9 nitrogen and oxygen atoms in total. The van der Waals surface area contributed by atoms with Gasteiger partial charge in [0.15, 0.2) is 5.82 Å². The maximum atomic E-state index is 12.5. The van der Waals surface area contributed by atoms with Gasteiger partial charge in [-0.1, -0.05) is 43.7 Å². The Hall–Kier alpha value is -4.14. The number of nitrogens with one attached hydrogen (secondary N) is 1. The van der Waals surface area contributed by atoms with Crippen LogP contribution in [-0.4, -0.2) is 48.6 Å².